The van der Waals surface area contributed by atoms with Gasteiger partial charge in [-0.05, 0) is 62.4 Å². The van der Waals surface area contributed by atoms with Gasteiger partial charge in [0.2, 0.25) is 0 Å². The molecule has 1 saturated heterocycles. The van der Waals surface area contributed by atoms with E-state index in [1.54, 1.807) is 0 Å². The molecule has 1 aliphatic rings. The minimum atomic E-state index is -4.50. The largest absolute Gasteiger partial charge is 0.748 e. The third kappa shape index (κ3) is 11.2. The van der Waals surface area contributed by atoms with Gasteiger partial charge >= 0.3 is 6.18 Å². The molecule has 0 atom stereocenters. The Bertz CT molecular complexity index is 1040. The predicted molar refractivity (Wildman–Crippen MR) is 139 cm³/mol. The van der Waals surface area contributed by atoms with Crippen molar-refractivity contribution >= 4 is 31.8 Å². The molecule has 0 unspecified atom stereocenters. The van der Waals surface area contributed by atoms with Crippen molar-refractivity contribution in [3.63, 3.8) is 0 Å². The summed E-state index contributed by atoms with van der Waals surface area (Å²) < 4.78 is 75.4. The van der Waals surface area contributed by atoms with Crippen LogP contribution in [0.1, 0.15) is 65.2 Å². The molecule has 0 N–H and O–H groups in total. The molecule has 36 heavy (non-hydrogen) atoms. The van der Waals surface area contributed by atoms with E-state index < -0.39 is 34.9 Å². The summed E-state index contributed by atoms with van der Waals surface area (Å²) in [5.74, 6) is 3.75. The Morgan fingerprint density at radius 2 is 1.56 bits per heavy atom. The van der Waals surface area contributed by atoms with Crippen LogP contribution in [0.5, 0.6) is 11.5 Å². The van der Waals surface area contributed by atoms with Gasteiger partial charge in [-0.25, -0.2) is 8.42 Å². The first kappa shape index (κ1) is 30.6. The maximum absolute atomic E-state index is 11.3. The molecule has 2 aromatic carbocycles. The van der Waals surface area contributed by atoms with E-state index in [2.05, 4.69) is 44.2 Å². The summed E-state index contributed by atoms with van der Waals surface area (Å²) >= 11 is 0. The second kappa shape index (κ2) is 14.9. The number of hydrogen-bond acceptors (Lipinski definition) is 5. The van der Waals surface area contributed by atoms with Gasteiger partial charge in [-0.15, -0.1) is 0 Å². The second-order valence-electron chi connectivity index (χ2n) is 8.76. The molecule has 5 nitrogen and oxygen atoms in total. The maximum atomic E-state index is 11.3. The Hall–Kier alpha value is -1.65. The SMILES string of the molecule is CCCCOc1ccc2c(OCCCC)ccc([S+]3CCCC3)c2c1.O=S(=O)([O-])CCCC(F)(F)F. The van der Waals surface area contributed by atoms with Crippen LogP contribution in [-0.2, 0) is 21.0 Å². The van der Waals surface area contributed by atoms with E-state index >= 15 is 0 Å². The van der Waals surface area contributed by atoms with Gasteiger partial charge in [0.1, 0.15) is 23.0 Å². The van der Waals surface area contributed by atoms with Gasteiger partial charge in [0.05, 0.1) is 23.3 Å². The summed E-state index contributed by atoms with van der Waals surface area (Å²) in [5, 5.41) is 2.59. The Labute approximate surface area is 215 Å². The zero-order valence-electron chi connectivity index (χ0n) is 21.1. The molecule has 1 heterocycles. The van der Waals surface area contributed by atoms with E-state index in [9.17, 15) is 26.1 Å². The molecule has 204 valence electrons. The van der Waals surface area contributed by atoms with Crippen LogP contribution in [0.15, 0.2) is 35.2 Å². The fourth-order valence-corrected chi connectivity index (χ4v) is 6.71. The zero-order valence-corrected chi connectivity index (χ0v) is 22.7. The molecule has 0 bridgehead atoms. The van der Waals surface area contributed by atoms with Crippen LogP contribution in [0.4, 0.5) is 13.2 Å². The van der Waals surface area contributed by atoms with Crippen molar-refractivity contribution in [2.75, 3.05) is 30.5 Å². The fourth-order valence-electron chi connectivity index (χ4n) is 3.73. The van der Waals surface area contributed by atoms with Crippen LogP contribution < -0.4 is 9.47 Å². The molecule has 10 heteroatoms. The van der Waals surface area contributed by atoms with Crippen molar-refractivity contribution in [2.24, 2.45) is 0 Å². The van der Waals surface area contributed by atoms with Crippen LogP contribution in [0.3, 0.4) is 0 Å². The lowest BCUT2D eigenvalue weighted by molar-refractivity contribution is -0.134. The second-order valence-corrected chi connectivity index (χ2v) is 12.5. The molecule has 2 aromatic rings. The van der Waals surface area contributed by atoms with E-state index in [4.69, 9.17) is 9.47 Å². The molecule has 0 amide bonds. The molecular formula is C26H37F3O5S2. The van der Waals surface area contributed by atoms with Crippen molar-refractivity contribution in [2.45, 2.75) is 76.3 Å². The van der Waals surface area contributed by atoms with Gasteiger partial charge in [0.25, 0.3) is 0 Å². The lowest BCUT2D eigenvalue weighted by atomic mass is 10.1. The molecular weight excluding hydrogens is 513 g/mol. The minimum Gasteiger partial charge on any atom is -0.748 e. The highest BCUT2D eigenvalue weighted by atomic mass is 32.2. The Morgan fingerprint density at radius 3 is 2.14 bits per heavy atom. The number of benzene rings is 2. The fraction of sp³-hybridized carbons (Fsp3) is 0.615. The smallest absolute Gasteiger partial charge is 0.389 e. The maximum Gasteiger partial charge on any atom is 0.389 e. The molecule has 0 aromatic heterocycles. The highest BCUT2D eigenvalue weighted by Crippen LogP contribution is 2.37. The summed E-state index contributed by atoms with van der Waals surface area (Å²) in [6.07, 6.45) is 1.00. The Balaban J connectivity index is 0.000000352. The van der Waals surface area contributed by atoms with Gasteiger partial charge in [-0.3, -0.25) is 0 Å². The van der Waals surface area contributed by atoms with Crippen LogP contribution in [0, 0.1) is 0 Å². The van der Waals surface area contributed by atoms with Crippen LogP contribution >= 0.6 is 0 Å². The summed E-state index contributed by atoms with van der Waals surface area (Å²) in [5.41, 5.74) is 0. The molecule has 0 aliphatic carbocycles. The summed E-state index contributed by atoms with van der Waals surface area (Å²) in [4.78, 5) is 1.51. The average Bonchev–Trinajstić information content (AvgIpc) is 3.33. The first-order valence-corrected chi connectivity index (χ1v) is 15.7. The molecule has 3 rings (SSSR count). The number of unbranched alkanes of at least 4 members (excludes halogenated alkanes) is 2. The molecule has 1 fully saturated rings. The molecule has 0 radical (unpaired) electrons. The standard InChI is InChI=1S/C22H31O2S.C4H7F3O3S/c1-3-5-13-23-18-9-10-19-20(17-18)22(25-15-7-8-16-25)12-11-21(19)24-14-6-4-2;5-4(6,7)2-1-3-11(8,9)10/h9-12,17H,3-8,13-16H2,1-2H3;1-3H2,(H,8,9,10)/q+1;/p-1. The summed E-state index contributed by atoms with van der Waals surface area (Å²) in [6, 6.07) is 11.1. The summed E-state index contributed by atoms with van der Waals surface area (Å²) in [7, 11) is -4.10. The average molecular weight is 551 g/mol. The van der Waals surface area contributed by atoms with Crippen molar-refractivity contribution in [1.29, 1.82) is 0 Å². The van der Waals surface area contributed by atoms with Crippen molar-refractivity contribution < 1.29 is 35.6 Å². The molecule has 0 spiro atoms. The van der Waals surface area contributed by atoms with Gasteiger partial charge in [-0.1, -0.05) is 26.7 Å². The number of halogens is 3. The Morgan fingerprint density at radius 1 is 0.917 bits per heavy atom. The molecule has 1 aliphatic heterocycles. The van der Waals surface area contributed by atoms with E-state index in [0.717, 1.165) is 50.4 Å². The Kier molecular flexibility index (Phi) is 12.7. The summed E-state index contributed by atoms with van der Waals surface area (Å²) in [6.45, 7) is 6.00. The first-order valence-electron chi connectivity index (χ1n) is 12.5. The number of hydrogen-bond donors (Lipinski definition) is 0. The quantitative estimate of drug-likeness (QED) is 0.164. The van der Waals surface area contributed by atoms with Crippen molar-refractivity contribution in [3.8, 4) is 11.5 Å². The first-order chi connectivity index (χ1) is 17.0. The van der Waals surface area contributed by atoms with Gasteiger partial charge < -0.3 is 14.0 Å². The molecule has 0 saturated carbocycles. The highest BCUT2D eigenvalue weighted by Gasteiger charge is 2.29. The van der Waals surface area contributed by atoms with Crippen LogP contribution in [-0.4, -0.2) is 49.6 Å². The topological polar surface area (TPSA) is 75.7 Å². The van der Waals surface area contributed by atoms with Crippen molar-refractivity contribution in [1.82, 2.24) is 0 Å². The van der Waals surface area contributed by atoms with Crippen molar-refractivity contribution in [3.05, 3.63) is 30.3 Å². The lowest BCUT2D eigenvalue weighted by Crippen LogP contribution is -2.11. The van der Waals surface area contributed by atoms with E-state index in [-0.39, 0.29) is 0 Å². The zero-order chi connectivity index (χ0) is 26.6. The third-order valence-electron chi connectivity index (χ3n) is 5.63. The minimum absolute atomic E-state index is 0.392. The van der Waals surface area contributed by atoms with E-state index in [1.807, 2.05) is 0 Å². The van der Waals surface area contributed by atoms with Crippen LogP contribution in [0.25, 0.3) is 10.8 Å². The number of fused-ring (bicyclic) bond motifs is 1. The number of alkyl halides is 3. The number of rotatable bonds is 12. The normalized spacial score (nSPS) is 14.5. The van der Waals surface area contributed by atoms with E-state index in [1.165, 1.54) is 40.0 Å². The lowest BCUT2D eigenvalue weighted by Gasteiger charge is -2.13. The third-order valence-corrected chi connectivity index (χ3v) is 8.96. The highest BCUT2D eigenvalue weighted by molar-refractivity contribution is 7.97. The number of ether oxygens (including phenoxy) is 2. The predicted octanol–water partition coefficient (Wildman–Crippen LogP) is 6.84. The van der Waals surface area contributed by atoms with Gasteiger partial charge in [0, 0.05) is 33.8 Å². The van der Waals surface area contributed by atoms with Crippen LogP contribution in [0.2, 0.25) is 0 Å². The monoisotopic (exact) mass is 550 g/mol. The van der Waals surface area contributed by atoms with E-state index in [0.29, 0.717) is 10.9 Å². The van der Waals surface area contributed by atoms with Gasteiger partial charge in [-0.2, -0.15) is 13.2 Å². The van der Waals surface area contributed by atoms with Gasteiger partial charge in [0.15, 0.2) is 4.90 Å².